The fourth-order valence-electron chi connectivity index (χ4n) is 4.25. The fraction of sp³-hybridized carbons (Fsp3) is 0.259. The summed E-state index contributed by atoms with van der Waals surface area (Å²) in [6.45, 7) is 3.35. The lowest BCUT2D eigenvalue weighted by Gasteiger charge is -2.42. The number of nitrogens with one attached hydrogen (secondary N) is 1. The summed E-state index contributed by atoms with van der Waals surface area (Å²) in [4.78, 5) is 28.2. The van der Waals surface area contributed by atoms with Gasteiger partial charge in [0, 0.05) is 25.1 Å². The summed E-state index contributed by atoms with van der Waals surface area (Å²) in [6, 6.07) is 27.4. The van der Waals surface area contributed by atoms with Crippen LogP contribution in [0.2, 0.25) is 0 Å². The van der Waals surface area contributed by atoms with Gasteiger partial charge in [0.15, 0.2) is 5.60 Å². The van der Waals surface area contributed by atoms with Gasteiger partial charge in [-0.05, 0) is 35.7 Å². The van der Waals surface area contributed by atoms with E-state index in [1.807, 2.05) is 61.5 Å². The molecular formula is C27H28N2O3. The second kappa shape index (κ2) is 9.79. The Morgan fingerprint density at radius 3 is 2.31 bits per heavy atom. The lowest BCUT2D eigenvalue weighted by molar-refractivity contribution is -0.157. The van der Waals surface area contributed by atoms with Crippen LogP contribution in [0.3, 0.4) is 0 Å². The molecule has 32 heavy (non-hydrogen) atoms. The van der Waals surface area contributed by atoms with Crippen molar-refractivity contribution in [3.63, 3.8) is 0 Å². The van der Waals surface area contributed by atoms with Crippen molar-refractivity contribution >= 4 is 11.8 Å². The predicted molar refractivity (Wildman–Crippen MR) is 125 cm³/mol. The Kier molecular flexibility index (Phi) is 6.66. The molecule has 0 saturated carbocycles. The van der Waals surface area contributed by atoms with Gasteiger partial charge in [-0.15, -0.1) is 0 Å². The molecule has 2 amide bonds. The van der Waals surface area contributed by atoms with Crippen molar-refractivity contribution in [2.24, 2.45) is 0 Å². The van der Waals surface area contributed by atoms with E-state index in [9.17, 15) is 9.59 Å². The number of amides is 2. The van der Waals surface area contributed by atoms with E-state index >= 15 is 0 Å². The third kappa shape index (κ3) is 4.58. The van der Waals surface area contributed by atoms with Crippen LogP contribution < -0.4 is 5.32 Å². The summed E-state index contributed by atoms with van der Waals surface area (Å²) >= 11 is 0. The molecule has 1 N–H and O–H groups in total. The SMILES string of the molecule is CCNC(=O)[C@@]1(Cc2ccccc2-c2ccccc2)CN(C(=O)c2ccccc2)CCO1. The van der Waals surface area contributed by atoms with Crippen molar-refractivity contribution in [3.8, 4) is 11.1 Å². The molecule has 0 bridgehead atoms. The van der Waals surface area contributed by atoms with Crippen molar-refractivity contribution in [2.75, 3.05) is 26.2 Å². The number of carbonyl (C=O) groups excluding carboxylic acids is 2. The molecule has 1 heterocycles. The zero-order valence-corrected chi connectivity index (χ0v) is 18.3. The summed E-state index contributed by atoms with van der Waals surface area (Å²) in [6.07, 6.45) is 0.377. The Hall–Kier alpha value is -3.44. The maximum Gasteiger partial charge on any atom is 0.254 e. The minimum absolute atomic E-state index is 0.0843. The molecule has 1 aliphatic rings. The fourth-order valence-corrected chi connectivity index (χ4v) is 4.25. The molecule has 3 aromatic carbocycles. The molecule has 1 aliphatic heterocycles. The maximum absolute atomic E-state index is 13.3. The molecule has 5 nitrogen and oxygen atoms in total. The van der Waals surface area contributed by atoms with Crippen LogP contribution in [0.25, 0.3) is 11.1 Å². The van der Waals surface area contributed by atoms with E-state index < -0.39 is 5.60 Å². The monoisotopic (exact) mass is 428 g/mol. The molecule has 4 rings (SSSR count). The van der Waals surface area contributed by atoms with Crippen molar-refractivity contribution in [1.82, 2.24) is 10.2 Å². The van der Waals surface area contributed by atoms with Crippen LogP contribution in [0.4, 0.5) is 0 Å². The highest BCUT2D eigenvalue weighted by molar-refractivity contribution is 5.95. The number of benzene rings is 3. The first-order valence-electron chi connectivity index (χ1n) is 11.0. The Labute approximate surface area is 189 Å². The molecule has 1 saturated heterocycles. The zero-order valence-electron chi connectivity index (χ0n) is 18.3. The number of rotatable bonds is 6. The lowest BCUT2D eigenvalue weighted by atomic mass is 9.87. The lowest BCUT2D eigenvalue weighted by Crippen LogP contribution is -2.62. The van der Waals surface area contributed by atoms with Crippen LogP contribution in [0, 0.1) is 0 Å². The van der Waals surface area contributed by atoms with Gasteiger partial charge in [-0.3, -0.25) is 9.59 Å². The quantitative estimate of drug-likeness (QED) is 0.647. The Bertz CT molecular complexity index is 1070. The molecule has 0 aromatic heterocycles. The van der Waals surface area contributed by atoms with Crippen molar-refractivity contribution in [1.29, 1.82) is 0 Å². The van der Waals surface area contributed by atoms with Crippen LogP contribution in [-0.4, -0.2) is 48.6 Å². The predicted octanol–water partition coefficient (Wildman–Crippen LogP) is 3.94. The Morgan fingerprint density at radius 1 is 0.938 bits per heavy atom. The summed E-state index contributed by atoms with van der Waals surface area (Å²) in [5.74, 6) is -0.271. The largest absolute Gasteiger partial charge is 0.361 e. The highest BCUT2D eigenvalue weighted by Gasteiger charge is 2.45. The van der Waals surface area contributed by atoms with Gasteiger partial charge in [-0.2, -0.15) is 0 Å². The summed E-state index contributed by atoms with van der Waals surface area (Å²) in [5.41, 5.74) is 2.63. The van der Waals surface area contributed by atoms with Gasteiger partial charge in [0.1, 0.15) is 0 Å². The topological polar surface area (TPSA) is 58.6 Å². The molecule has 0 radical (unpaired) electrons. The number of likely N-dealkylation sites (N-methyl/N-ethyl adjacent to an activating group) is 1. The molecule has 0 unspecified atom stereocenters. The number of hydrogen-bond donors (Lipinski definition) is 1. The van der Waals surface area contributed by atoms with Crippen LogP contribution in [0.15, 0.2) is 84.9 Å². The van der Waals surface area contributed by atoms with Crippen LogP contribution in [0.5, 0.6) is 0 Å². The number of nitrogens with zero attached hydrogens (tertiary/aromatic N) is 1. The van der Waals surface area contributed by atoms with Crippen molar-refractivity contribution < 1.29 is 14.3 Å². The average Bonchev–Trinajstić information content (AvgIpc) is 2.85. The van der Waals surface area contributed by atoms with Gasteiger partial charge >= 0.3 is 0 Å². The van der Waals surface area contributed by atoms with E-state index in [4.69, 9.17) is 4.74 Å². The molecule has 0 spiro atoms. The number of morpholine rings is 1. The third-order valence-corrected chi connectivity index (χ3v) is 5.82. The zero-order chi connectivity index (χ0) is 22.4. The van der Waals surface area contributed by atoms with Crippen molar-refractivity contribution in [3.05, 3.63) is 96.1 Å². The summed E-state index contributed by atoms with van der Waals surface area (Å²) in [7, 11) is 0. The van der Waals surface area contributed by atoms with E-state index in [0.29, 0.717) is 31.7 Å². The van der Waals surface area contributed by atoms with Gasteiger partial charge in [-0.1, -0.05) is 72.8 Å². The molecule has 5 heteroatoms. The molecule has 3 aromatic rings. The first-order chi connectivity index (χ1) is 15.6. The van der Waals surface area contributed by atoms with Gasteiger partial charge in [0.05, 0.1) is 13.2 Å². The Morgan fingerprint density at radius 2 is 1.59 bits per heavy atom. The minimum atomic E-state index is -1.15. The average molecular weight is 429 g/mol. The van der Waals surface area contributed by atoms with Gasteiger partial charge in [0.2, 0.25) is 0 Å². The highest BCUT2D eigenvalue weighted by atomic mass is 16.5. The first kappa shape index (κ1) is 21.8. The second-order valence-electron chi connectivity index (χ2n) is 7.99. The molecule has 1 fully saturated rings. The smallest absolute Gasteiger partial charge is 0.254 e. The van der Waals surface area contributed by atoms with E-state index in [1.54, 1.807) is 17.0 Å². The van der Waals surface area contributed by atoms with Crippen LogP contribution in [0.1, 0.15) is 22.8 Å². The molecular weight excluding hydrogens is 400 g/mol. The summed E-state index contributed by atoms with van der Waals surface area (Å²) in [5, 5.41) is 2.93. The van der Waals surface area contributed by atoms with Crippen LogP contribution in [-0.2, 0) is 16.0 Å². The standard InChI is InChI=1S/C27H28N2O3/c1-2-28-26(31)27(19-23-15-9-10-16-24(23)21-11-5-3-6-12-21)20-29(17-18-32-27)25(30)22-13-7-4-8-14-22/h3-16H,2,17-20H2,1H3,(H,28,31)/t27-/m1/s1. The number of ether oxygens (including phenoxy) is 1. The normalized spacial score (nSPS) is 18.2. The van der Waals surface area contributed by atoms with Crippen LogP contribution >= 0.6 is 0 Å². The number of hydrogen-bond acceptors (Lipinski definition) is 3. The van der Waals surface area contributed by atoms with Gasteiger partial charge in [0.25, 0.3) is 11.8 Å². The molecule has 164 valence electrons. The van der Waals surface area contributed by atoms with Crippen molar-refractivity contribution in [2.45, 2.75) is 18.9 Å². The minimum Gasteiger partial charge on any atom is -0.361 e. The van der Waals surface area contributed by atoms with Gasteiger partial charge in [-0.25, -0.2) is 0 Å². The van der Waals surface area contributed by atoms with E-state index in [1.165, 1.54) is 0 Å². The highest BCUT2D eigenvalue weighted by Crippen LogP contribution is 2.31. The Balaban J connectivity index is 1.68. The number of carbonyl (C=O) groups is 2. The third-order valence-electron chi connectivity index (χ3n) is 5.82. The van der Waals surface area contributed by atoms with E-state index in [2.05, 4.69) is 23.5 Å². The first-order valence-corrected chi connectivity index (χ1v) is 11.0. The van der Waals surface area contributed by atoms with Gasteiger partial charge < -0.3 is 15.0 Å². The molecule has 0 aliphatic carbocycles. The molecule has 1 atom stereocenters. The van der Waals surface area contributed by atoms with E-state index in [0.717, 1.165) is 16.7 Å². The second-order valence-corrected chi connectivity index (χ2v) is 7.99. The van der Waals surface area contributed by atoms with E-state index in [-0.39, 0.29) is 18.4 Å². The summed E-state index contributed by atoms with van der Waals surface area (Å²) < 4.78 is 6.19. The maximum atomic E-state index is 13.3.